The molecule has 1 saturated carbocycles. The van der Waals surface area contributed by atoms with Crippen LogP contribution in [-0.2, 0) is 4.79 Å². The Hall–Kier alpha value is -1.63. The summed E-state index contributed by atoms with van der Waals surface area (Å²) in [6.45, 7) is 3.38. The predicted molar refractivity (Wildman–Crippen MR) is 69.4 cm³/mol. The lowest BCUT2D eigenvalue weighted by Crippen LogP contribution is -2.45. The monoisotopic (exact) mass is 268 g/mol. The number of nitrogen functional groups attached to an aromatic ring is 1. The third-order valence-electron chi connectivity index (χ3n) is 2.68. The van der Waals surface area contributed by atoms with E-state index in [0.717, 1.165) is 24.2 Å². The molecule has 0 spiro atoms. The number of aryl methyl sites for hydroxylation is 1. The molecule has 1 aromatic rings. The number of nitrogens with one attached hydrogen (secondary N) is 2. The van der Waals surface area contributed by atoms with Crippen LogP contribution in [0, 0.1) is 6.92 Å². The van der Waals surface area contributed by atoms with Crippen LogP contribution in [0.25, 0.3) is 0 Å². The molecular weight excluding hydrogens is 252 g/mol. The Kier molecular flexibility index (Phi) is 3.51. The van der Waals surface area contributed by atoms with Crippen molar-refractivity contribution in [3.05, 3.63) is 10.6 Å². The number of amides is 2. The molecule has 0 saturated heterocycles. The minimum Gasteiger partial charge on any atom is -0.375 e. The minimum absolute atomic E-state index is 0.152. The van der Waals surface area contributed by atoms with E-state index >= 15 is 0 Å². The van der Waals surface area contributed by atoms with Crippen LogP contribution in [0.5, 0.6) is 0 Å². The molecule has 2 rings (SSSR count). The highest BCUT2D eigenvalue weighted by molar-refractivity contribution is 7.17. The first-order chi connectivity index (χ1) is 8.47. The molecule has 4 N–H and O–H groups in total. The molecule has 98 valence electrons. The molecule has 1 fully saturated rings. The second-order valence-corrected chi connectivity index (χ2v) is 5.48. The second kappa shape index (κ2) is 4.93. The van der Waals surface area contributed by atoms with Crippen LogP contribution in [0.1, 0.15) is 35.1 Å². The first-order valence-corrected chi connectivity index (χ1v) is 6.63. The molecule has 0 bridgehead atoms. The zero-order valence-corrected chi connectivity index (χ0v) is 11.1. The highest BCUT2D eigenvalue weighted by Gasteiger charge is 2.27. The smallest absolute Gasteiger partial charge is 0.263 e. The lowest BCUT2D eigenvalue weighted by molar-refractivity contribution is -0.122. The largest absolute Gasteiger partial charge is 0.375 e. The van der Waals surface area contributed by atoms with Crippen molar-refractivity contribution in [3.63, 3.8) is 0 Å². The van der Waals surface area contributed by atoms with Gasteiger partial charge in [-0.3, -0.25) is 9.59 Å². The van der Waals surface area contributed by atoms with E-state index in [4.69, 9.17) is 5.73 Å². The molecule has 1 unspecified atom stereocenters. The molecule has 1 aliphatic carbocycles. The van der Waals surface area contributed by atoms with Crippen molar-refractivity contribution in [2.24, 2.45) is 0 Å². The lowest BCUT2D eigenvalue weighted by Gasteiger charge is -2.13. The molecular formula is C11H16N4O2S. The van der Waals surface area contributed by atoms with E-state index in [1.165, 1.54) is 0 Å². The second-order valence-electron chi connectivity index (χ2n) is 4.44. The third kappa shape index (κ3) is 2.98. The number of aromatic nitrogens is 1. The van der Waals surface area contributed by atoms with Gasteiger partial charge in [0.1, 0.15) is 10.9 Å². The summed E-state index contributed by atoms with van der Waals surface area (Å²) >= 11 is 1.13. The summed E-state index contributed by atoms with van der Waals surface area (Å²) in [6.07, 6.45) is 2.05. The molecule has 6 nitrogen and oxygen atoms in total. The van der Waals surface area contributed by atoms with Crippen LogP contribution in [-0.4, -0.2) is 28.9 Å². The first-order valence-electron chi connectivity index (χ1n) is 5.81. The Labute approximate surface area is 109 Å². The Morgan fingerprint density at radius 1 is 1.50 bits per heavy atom. The zero-order chi connectivity index (χ0) is 13.3. The summed E-state index contributed by atoms with van der Waals surface area (Å²) < 4.78 is 0. The number of nitrogens with two attached hydrogens (primary N) is 1. The van der Waals surface area contributed by atoms with Gasteiger partial charge in [0.15, 0.2) is 5.13 Å². The SMILES string of the molecule is Cc1nc(N)sc1C(=O)NC(C)C(=O)NC1CC1. The molecule has 7 heteroatoms. The Bertz CT molecular complexity index is 481. The van der Waals surface area contributed by atoms with Crippen LogP contribution in [0.3, 0.4) is 0 Å². The normalized spacial score (nSPS) is 16.1. The number of thiazole rings is 1. The summed E-state index contributed by atoms with van der Waals surface area (Å²) in [4.78, 5) is 28.0. The summed E-state index contributed by atoms with van der Waals surface area (Å²) in [5.74, 6) is -0.457. The van der Waals surface area contributed by atoms with Crippen molar-refractivity contribution in [2.45, 2.75) is 38.8 Å². The van der Waals surface area contributed by atoms with E-state index in [9.17, 15) is 9.59 Å². The van der Waals surface area contributed by atoms with Gasteiger partial charge in [-0.2, -0.15) is 0 Å². The molecule has 0 aromatic carbocycles. The number of nitrogens with zero attached hydrogens (tertiary/aromatic N) is 1. The lowest BCUT2D eigenvalue weighted by atomic mass is 10.3. The minimum atomic E-state index is -0.555. The van der Waals surface area contributed by atoms with Crippen molar-refractivity contribution in [2.75, 3.05) is 5.73 Å². The predicted octanol–water partition coefficient (Wildman–Crippen LogP) is 0.431. The molecule has 1 heterocycles. The number of anilines is 1. The van der Waals surface area contributed by atoms with Crippen molar-refractivity contribution in [1.29, 1.82) is 0 Å². The third-order valence-corrected chi connectivity index (χ3v) is 3.67. The van der Waals surface area contributed by atoms with Crippen molar-refractivity contribution in [1.82, 2.24) is 15.6 Å². The summed E-state index contributed by atoms with van der Waals surface area (Å²) in [5.41, 5.74) is 6.12. The molecule has 0 aliphatic heterocycles. The van der Waals surface area contributed by atoms with E-state index in [1.54, 1.807) is 13.8 Å². The molecule has 1 aromatic heterocycles. The van der Waals surface area contributed by atoms with E-state index in [2.05, 4.69) is 15.6 Å². The number of rotatable bonds is 4. The van der Waals surface area contributed by atoms with E-state index in [-0.39, 0.29) is 17.9 Å². The van der Waals surface area contributed by atoms with Gasteiger partial charge in [0.05, 0.1) is 5.69 Å². The van der Waals surface area contributed by atoms with E-state index in [0.29, 0.717) is 15.7 Å². The molecule has 1 aliphatic rings. The first kappa shape index (κ1) is 12.8. The Morgan fingerprint density at radius 3 is 2.67 bits per heavy atom. The van der Waals surface area contributed by atoms with Gasteiger partial charge in [0.25, 0.3) is 5.91 Å². The summed E-state index contributed by atoms with van der Waals surface area (Å²) in [5, 5.41) is 5.84. The van der Waals surface area contributed by atoms with E-state index < -0.39 is 6.04 Å². The summed E-state index contributed by atoms with van der Waals surface area (Å²) in [7, 11) is 0. The maximum atomic E-state index is 11.9. The maximum Gasteiger partial charge on any atom is 0.263 e. The average Bonchev–Trinajstić information content (AvgIpc) is 3.02. The van der Waals surface area contributed by atoms with Crippen LogP contribution < -0.4 is 16.4 Å². The molecule has 2 amide bonds. The highest BCUT2D eigenvalue weighted by atomic mass is 32.1. The van der Waals surface area contributed by atoms with Gasteiger partial charge < -0.3 is 16.4 Å². The van der Waals surface area contributed by atoms with Gasteiger partial charge in [-0.25, -0.2) is 4.98 Å². The van der Waals surface area contributed by atoms with Gasteiger partial charge >= 0.3 is 0 Å². The zero-order valence-electron chi connectivity index (χ0n) is 10.3. The Balaban J connectivity index is 1.93. The van der Waals surface area contributed by atoms with Gasteiger partial charge in [-0.15, -0.1) is 0 Å². The summed E-state index contributed by atoms with van der Waals surface area (Å²) in [6, 6.07) is -0.265. The van der Waals surface area contributed by atoms with Crippen LogP contribution in [0.15, 0.2) is 0 Å². The van der Waals surface area contributed by atoms with Gasteiger partial charge in [0, 0.05) is 6.04 Å². The highest BCUT2D eigenvalue weighted by Crippen LogP contribution is 2.20. The van der Waals surface area contributed by atoms with Crippen LogP contribution >= 0.6 is 11.3 Å². The number of carbonyl (C=O) groups is 2. The average molecular weight is 268 g/mol. The van der Waals surface area contributed by atoms with Crippen molar-refractivity contribution >= 4 is 28.3 Å². The molecule has 1 atom stereocenters. The molecule has 0 radical (unpaired) electrons. The van der Waals surface area contributed by atoms with Gasteiger partial charge in [0.2, 0.25) is 5.91 Å². The topological polar surface area (TPSA) is 97.1 Å². The quantitative estimate of drug-likeness (QED) is 0.737. The fraction of sp³-hybridized carbons (Fsp3) is 0.545. The van der Waals surface area contributed by atoms with Gasteiger partial charge in [-0.05, 0) is 26.7 Å². The maximum absolute atomic E-state index is 11.9. The number of hydrogen-bond donors (Lipinski definition) is 3. The Morgan fingerprint density at radius 2 is 2.17 bits per heavy atom. The van der Waals surface area contributed by atoms with Crippen molar-refractivity contribution in [3.8, 4) is 0 Å². The molecule has 18 heavy (non-hydrogen) atoms. The fourth-order valence-electron chi connectivity index (χ4n) is 1.51. The van der Waals surface area contributed by atoms with E-state index in [1.807, 2.05) is 0 Å². The fourth-order valence-corrected chi connectivity index (χ4v) is 2.25. The van der Waals surface area contributed by atoms with Gasteiger partial charge in [-0.1, -0.05) is 11.3 Å². The van der Waals surface area contributed by atoms with Crippen molar-refractivity contribution < 1.29 is 9.59 Å². The van der Waals surface area contributed by atoms with Crippen LogP contribution in [0.4, 0.5) is 5.13 Å². The van der Waals surface area contributed by atoms with Crippen LogP contribution in [0.2, 0.25) is 0 Å². The standard InChI is InChI=1S/C11H16N4O2S/c1-5-8(18-11(12)14-5)10(17)13-6(2)9(16)15-7-3-4-7/h6-7H,3-4H2,1-2H3,(H2,12,14)(H,13,17)(H,15,16). The number of hydrogen-bond acceptors (Lipinski definition) is 5. The number of carbonyl (C=O) groups excluding carboxylic acids is 2.